The molecule has 0 aliphatic rings. The summed E-state index contributed by atoms with van der Waals surface area (Å²) in [6.07, 6.45) is 2.09. The molecule has 2 rings (SSSR count). The zero-order chi connectivity index (χ0) is 13.1. The van der Waals surface area contributed by atoms with Gasteiger partial charge in [-0.15, -0.1) is 0 Å². The Labute approximate surface area is 113 Å². The minimum Gasteiger partial charge on any atom is -0.469 e. The fraction of sp³-hybridized carbons (Fsp3) is 0.182. The first-order valence-corrected chi connectivity index (χ1v) is 5.93. The lowest BCUT2D eigenvalue weighted by atomic mass is 10.2. The standard InChI is InChI=1S/C11H9Cl2N3O2/c1-2-7-6(3-4-18-7)10(17)15-9-5-8(12)14-11(13)16-9/h3-5H,2H2,1H3,(H,14,15,16,17). The van der Waals surface area contributed by atoms with Gasteiger partial charge in [0.05, 0.1) is 11.8 Å². The zero-order valence-electron chi connectivity index (χ0n) is 9.41. The lowest BCUT2D eigenvalue weighted by Crippen LogP contribution is -2.14. The van der Waals surface area contributed by atoms with Crippen LogP contribution in [0.15, 0.2) is 22.8 Å². The van der Waals surface area contributed by atoms with Crippen LogP contribution in [0.4, 0.5) is 5.82 Å². The van der Waals surface area contributed by atoms with Crippen molar-refractivity contribution in [3.63, 3.8) is 0 Å². The molecule has 0 aliphatic carbocycles. The zero-order valence-corrected chi connectivity index (χ0v) is 10.9. The summed E-state index contributed by atoms with van der Waals surface area (Å²) < 4.78 is 5.17. The van der Waals surface area contributed by atoms with Crippen molar-refractivity contribution in [3.05, 3.63) is 40.2 Å². The van der Waals surface area contributed by atoms with Gasteiger partial charge in [-0.25, -0.2) is 9.97 Å². The molecule has 18 heavy (non-hydrogen) atoms. The highest BCUT2D eigenvalue weighted by Gasteiger charge is 2.14. The van der Waals surface area contributed by atoms with E-state index in [4.69, 9.17) is 27.6 Å². The Hall–Kier alpha value is -1.59. The number of nitrogens with zero attached hydrogens (tertiary/aromatic N) is 2. The van der Waals surface area contributed by atoms with Crippen LogP contribution >= 0.6 is 23.2 Å². The summed E-state index contributed by atoms with van der Waals surface area (Å²) in [5.74, 6) is 0.526. The molecule has 0 spiro atoms. The molecule has 0 aromatic carbocycles. The summed E-state index contributed by atoms with van der Waals surface area (Å²) in [4.78, 5) is 19.5. The van der Waals surface area contributed by atoms with Crippen molar-refractivity contribution in [3.8, 4) is 0 Å². The molecule has 0 fully saturated rings. The van der Waals surface area contributed by atoms with Crippen LogP contribution in [0.5, 0.6) is 0 Å². The van der Waals surface area contributed by atoms with Crippen LogP contribution in [0.3, 0.4) is 0 Å². The van der Waals surface area contributed by atoms with Crippen LogP contribution in [0, 0.1) is 0 Å². The van der Waals surface area contributed by atoms with E-state index in [1.54, 1.807) is 6.07 Å². The second-order valence-electron chi connectivity index (χ2n) is 3.41. The number of carbonyl (C=O) groups excluding carboxylic acids is 1. The molecule has 1 N–H and O–H groups in total. The van der Waals surface area contributed by atoms with Gasteiger partial charge in [0.2, 0.25) is 5.28 Å². The summed E-state index contributed by atoms with van der Waals surface area (Å²) >= 11 is 11.4. The van der Waals surface area contributed by atoms with E-state index in [1.165, 1.54) is 12.3 Å². The molecule has 0 atom stereocenters. The molecule has 1 amide bonds. The lowest BCUT2D eigenvalue weighted by Gasteiger charge is -2.04. The number of carbonyl (C=O) groups is 1. The van der Waals surface area contributed by atoms with Gasteiger partial charge in [0.25, 0.3) is 5.91 Å². The van der Waals surface area contributed by atoms with Gasteiger partial charge in [0.1, 0.15) is 16.7 Å². The first-order chi connectivity index (χ1) is 8.60. The Morgan fingerprint density at radius 2 is 2.22 bits per heavy atom. The van der Waals surface area contributed by atoms with E-state index in [-0.39, 0.29) is 22.2 Å². The van der Waals surface area contributed by atoms with Crippen LogP contribution in [-0.2, 0) is 6.42 Å². The molecule has 5 nitrogen and oxygen atoms in total. The van der Waals surface area contributed by atoms with Crippen LogP contribution in [0.25, 0.3) is 0 Å². The average Bonchev–Trinajstić information content (AvgIpc) is 2.75. The van der Waals surface area contributed by atoms with E-state index < -0.39 is 0 Å². The van der Waals surface area contributed by atoms with E-state index in [1.807, 2.05) is 6.92 Å². The Morgan fingerprint density at radius 3 is 2.89 bits per heavy atom. The Kier molecular flexibility index (Phi) is 3.84. The SMILES string of the molecule is CCc1occc1C(=O)Nc1cc(Cl)nc(Cl)n1. The lowest BCUT2D eigenvalue weighted by molar-refractivity contribution is 0.102. The normalized spacial score (nSPS) is 10.4. The molecule has 0 bridgehead atoms. The maximum absolute atomic E-state index is 12.0. The van der Waals surface area contributed by atoms with Crippen molar-refractivity contribution in [2.75, 3.05) is 5.32 Å². The average molecular weight is 286 g/mol. The second-order valence-corrected chi connectivity index (χ2v) is 4.14. The predicted octanol–water partition coefficient (Wildman–Crippen LogP) is 3.19. The number of amides is 1. The van der Waals surface area contributed by atoms with E-state index in [2.05, 4.69) is 15.3 Å². The topological polar surface area (TPSA) is 68.0 Å². The number of hydrogen-bond acceptors (Lipinski definition) is 4. The molecule has 0 saturated heterocycles. The van der Waals surface area contributed by atoms with Gasteiger partial charge < -0.3 is 9.73 Å². The first-order valence-electron chi connectivity index (χ1n) is 5.18. The van der Waals surface area contributed by atoms with Crippen molar-refractivity contribution in [1.29, 1.82) is 0 Å². The highest BCUT2D eigenvalue weighted by atomic mass is 35.5. The molecule has 0 saturated carbocycles. The summed E-state index contributed by atoms with van der Waals surface area (Å²) in [5, 5.41) is 2.72. The predicted molar refractivity (Wildman–Crippen MR) is 68.1 cm³/mol. The third kappa shape index (κ3) is 2.80. The second kappa shape index (κ2) is 5.37. The third-order valence-electron chi connectivity index (χ3n) is 2.22. The molecule has 0 radical (unpaired) electrons. The summed E-state index contributed by atoms with van der Waals surface area (Å²) in [5.41, 5.74) is 0.461. The number of nitrogens with one attached hydrogen (secondary N) is 1. The third-order valence-corrected chi connectivity index (χ3v) is 2.58. The van der Waals surface area contributed by atoms with Gasteiger partial charge in [0.15, 0.2) is 0 Å². The van der Waals surface area contributed by atoms with E-state index in [0.29, 0.717) is 17.7 Å². The monoisotopic (exact) mass is 285 g/mol. The summed E-state index contributed by atoms with van der Waals surface area (Å²) in [7, 11) is 0. The highest BCUT2D eigenvalue weighted by Crippen LogP contribution is 2.17. The van der Waals surface area contributed by atoms with E-state index in [9.17, 15) is 4.79 Å². The summed E-state index contributed by atoms with van der Waals surface area (Å²) in [6, 6.07) is 3.01. The van der Waals surface area contributed by atoms with Crippen molar-refractivity contribution >= 4 is 34.9 Å². The maximum Gasteiger partial charge on any atom is 0.260 e. The molecule has 0 unspecified atom stereocenters. The number of aryl methyl sites for hydroxylation is 1. The van der Waals surface area contributed by atoms with Crippen LogP contribution in [0.2, 0.25) is 10.4 Å². The minimum absolute atomic E-state index is 0.0271. The number of rotatable bonds is 3. The van der Waals surface area contributed by atoms with E-state index in [0.717, 1.165) is 0 Å². The molecule has 2 aromatic heterocycles. The number of halogens is 2. The Morgan fingerprint density at radius 1 is 1.44 bits per heavy atom. The Bertz CT molecular complexity index is 563. The van der Waals surface area contributed by atoms with Gasteiger partial charge in [-0.2, -0.15) is 0 Å². The number of aromatic nitrogens is 2. The smallest absolute Gasteiger partial charge is 0.260 e. The van der Waals surface area contributed by atoms with Crippen molar-refractivity contribution in [1.82, 2.24) is 9.97 Å². The highest BCUT2D eigenvalue weighted by molar-refractivity contribution is 6.32. The van der Waals surface area contributed by atoms with Gasteiger partial charge in [-0.3, -0.25) is 4.79 Å². The fourth-order valence-electron chi connectivity index (χ4n) is 1.45. The number of furan rings is 1. The Balaban J connectivity index is 2.21. The molecule has 0 aliphatic heterocycles. The largest absolute Gasteiger partial charge is 0.469 e. The van der Waals surface area contributed by atoms with E-state index >= 15 is 0 Å². The molecule has 2 heterocycles. The molecular formula is C11H9Cl2N3O2. The number of anilines is 1. The van der Waals surface area contributed by atoms with Crippen LogP contribution < -0.4 is 5.32 Å². The molecule has 7 heteroatoms. The van der Waals surface area contributed by atoms with Gasteiger partial charge in [-0.05, 0) is 17.7 Å². The van der Waals surface area contributed by atoms with Crippen molar-refractivity contribution in [2.45, 2.75) is 13.3 Å². The van der Waals surface area contributed by atoms with Gasteiger partial charge in [0, 0.05) is 12.5 Å². The maximum atomic E-state index is 12.0. The van der Waals surface area contributed by atoms with Crippen molar-refractivity contribution < 1.29 is 9.21 Å². The van der Waals surface area contributed by atoms with Crippen LogP contribution in [0.1, 0.15) is 23.0 Å². The molecule has 94 valence electrons. The quantitative estimate of drug-likeness (QED) is 0.695. The minimum atomic E-state index is -0.327. The fourth-order valence-corrected chi connectivity index (χ4v) is 1.86. The summed E-state index contributed by atoms with van der Waals surface area (Å²) in [6.45, 7) is 1.90. The van der Waals surface area contributed by atoms with Crippen molar-refractivity contribution in [2.24, 2.45) is 0 Å². The molecular weight excluding hydrogens is 277 g/mol. The van der Waals surface area contributed by atoms with Gasteiger partial charge in [-0.1, -0.05) is 18.5 Å². The van der Waals surface area contributed by atoms with Gasteiger partial charge >= 0.3 is 0 Å². The first kappa shape index (κ1) is 12.9. The number of hydrogen-bond donors (Lipinski definition) is 1. The van der Waals surface area contributed by atoms with Crippen LogP contribution in [-0.4, -0.2) is 15.9 Å². The molecule has 2 aromatic rings.